The minimum absolute atomic E-state index is 0.0881. The summed E-state index contributed by atoms with van der Waals surface area (Å²) in [5, 5.41) is 2.69. The lowest BCUT2D eigenvalue weighted by Crippen LogP contribution is -2.41. The summed E-state index contributed by atoms with van der Waals surface area (Å²) in [5.74, 6) is 0.951. The quantitative estimate of drug-likeness (QED) is 0.570. The van der Waals surface area contributed by atoms with E-state index in [1.165, 1.54) is 23.3 Å². The molecule has 30 heavy (non-hydrogen) atoms. The number of hydrogen-bond acceptors (Lipinski definition) is 2. The number of hydrogen-bond donors (Lipinski definition) is 2. The number of benzene rings is 2. The van der Waals surface area contributed by atoms with Gasteiger partial charge in [0.2, 0.25) is 0 Å². The Morgan fingerprint density at radius 3 is 2.57 bits per heavy atom. The van der Waals surface area contributed by atoms with Crippen molar-refractivity contribution in [3.8, 4) is 0 Å². The molecule has 1 aliphatic heterocycles. The molecule has 8 heteroatoms. The molecule has 1 fully saturated rings. The third-order valence-electron chi connectivity index (χ3n) is 5.67. The van der Waals surface area contributed by atoms with Crippen LogP contribution in [0.3, 0.4) is 0 Å². The SMILES string of the molecule is Cc1cc2nc([C@H]3CCCN(C(=O)Nc4ccc(C(F)(F)F)cc4)C3)[nH]c2cc1C. The van der Waals surface area contributed by atoms with Crippen molar-refractivity contribution in [2.45, 2.75) is 38.8 Å². The molecular formula is C22H23F3N4O. The zero-order valence-electron chi connectivity index (χ0n) is 16.8. The van der Waals surface area contributed by atoms with Crippen LogP contribution >= 0.6 is 0 Å². The normalized spacial score (nSPS) is 17.4. The molecule has 1 atom stereocenters. The van der Waals surface area contributed by atoms with Gasteiger partial charge in [-0.1, -0.05) is 0 Å². The first-order valence-corrected chi connectivity index (χ1v) is 9.91. The molecule has 5 nitrogen and oxygen atoms in total. The summed E-state index contributed by atoms with van der Waals surface area (Å²) < 4.78 is 38.1. The number of amides is 2. The minimum Gasteiger partial charge on any atom is -0.342 e. The molecule has 1 aliphatic rings. The lowest BCUT2D eigenvalue weighted by atomic mass is 9.97. The van der Waals surface area contributed by atoms with Gasteiger partial charge in [-0.3, -0.25) is 0 Å². The van der Waals surface area contributed by atoms with Gasteiger partial charge in [-0.15, -0.1) is 0 Å². The maximum atomic E-state index is 12.7. The van der Waals surface area contributed by atoms with Crippen LogP contribution in [0, 0.1) is 13.8 Å². The van der Waals surface area contributed by atoms with Gasteiger partial charge < -0.3 is 15.2 Å². The standard InChI is InChI=1S/C22H23F3N4O/c1-13-10-18-19(11-14(13)2)28-20(27-18)15-4-3-9-29(12-15)21(30)26-17-7-5-16(6-8-17)22(23,24)25/h5-8,10-11,15H,3-4,9,12H2,1-2H3,(H,26,30)(H,27,28)/t15-/m0/s1. The van der Waals surface area contributed by atoms with Crippen LogP contribution in [-0.4, -0.2) is 34.0 Å². The van der Waals surface area contributed by atoms with Gasteiger partial charge >= 0.3 is 12.2 Å². The lowest BCUT2D eigenvalue weighted by molar-refractivity contribution is -0.137. The second kappa shape index (κ2) is 7.66. The molecule has 4 rings (SSSR count). The van der Waals surface area contributed by atoms with Crippen LogP contribution in [0.4, 0.5) is 23.7 Å². The predicted octanol–water partition coefficient (Wildman–Crippen LogP) is 5.61. The molecule has 0 saturated carbocycles. The van der Waals surface area contributed by atoms with Crippen molar-refractivity contribution < 1.29 is 18.0 Å². The third kappa shape index (κ3) is 4.13. The van der Waals surface area contributed by atoms with E-state index in [-0.39, 0.29) is 11.9 Å². The van der Waals surface area contributed by atoms with E-state index >= 15 is 0 Å². The van der Waals surface area contributed by atoms with E-state index in [2.05, 4.69) is 36.3 Å². The number of aryl methyl sites for hydroxylation is 2. The fourth-order valence-corrected chi connectivity index (χ4v) is 3.81. The number of alkyl halides is 3. The summed E-state index contributed by atoms with van der Waals surface area (Å²) in [6, 6.07) is 8.29. The zero-order chi connectivity index (χ0) is 21.5. The van der Waals surface area contributed by atoms with Crippen molar-refractivity contribution in [3.05, 3.63) is 58.9 Å². The minimum atomic E-state index is -4.40. The number of rotatable bonds is 2. The van der Waals surface area contributed by atoms with Gasteiger partial charge in [-0.25, -0.2) is 9.78 Å². The molecule has 0 aliphatic carbocycles. The number of carbonyl (C=O) groups is 1. The highest BCUT2D eigenvalue weighted by Gasteiger charge is 2.30. The fraction of sp³-hybridized carbons (Fsp3) is 0.364. The predicted molar refractivity (Wildman–Crippen MR) is 110 cm³/mol. The summed E-state index contributed by atoms with van der Waals surface area (Å²) in [6.07, 6.45) is -2.64. The summed E-state index contributed by atoms with van der Waals surface area (Å²) in [6.45, 7) is 5.21. The molecule has 158 valence electrons. The molecule has 0 unspecified atom stereocenters. The Morgan fingerprint density at radius 1 is 1.17 bits per heavy atom. The molecular weight excluding hydrogens is 393 g/mol. The Bertz CT molecular complexity index is 1030. The van der Waals surface area contributed by atoms with Crippen LogP contribution in [0.1, 0.15) is 41.3 Å². The number of urea groups is 1. The number of carbonyl (C=O) groups excluding carboxylic acids is 1. The third-order valence-corrected chi connectivity index (χ3v) is 5.67. The van der Waals surface area contributed by atoms with Crippen molar-refractivity contribution in [1.82, 2.24) is 14.9 Å². The average molecular weight is 416 g/mol. The molecule has 2 amide bonds. The molecule has 2 aromatic carbocycles. The van der Waals surface area contributed by atoms with Gasteiger partial charge in [0.05, 0.1) is 16.6 Å². The number of nitrogens with one attached hydrogen (secondary N) is 2. The van der Waals surface area contributed by atoms with Crippen LogP contribution in [-0.2, 0) is 6.18 Å². The molecule has 0 bridgehead atoms. The van der Waals surface area contributed by atoms with E-state index in [0.717, 1.165) is 41.8 Å². The first-order valence-electron chi connectivity index (χ1n) is 9.91. The molecule has 0 spiro atoms. The van der Waals surface area contributed by atoms with Gasteiger partial charge in [0.15, 0.2) is 0 Å². The Hall–Kier alpha value is -3.03. The van der Waals surface area contributed by atoms with E-state index in [0.29, 0.717) is 18.8 Å². The lowest BCUT2D eigenvalue weighted by Gasteiger charge is -2.31. The van der Waals surface area contributed by atoms with Crippen molar-refractivity contribution in [3.63, 3.8) is 0 Å². The second-order valence-electron chi connectivity index (χ2n) is 7.87. The van der Waals surface area contributed by atoms with Crippen LogP contribution in [0.2, 0.25) is 0 Å². The van der Waals surface area contributed by atoms with Crippen LogP contribution in [0.5, 0.6) is 0 Å². The van der Waals surface area contributed by atoms with E-state index in [1.54, 1.807) is 4.90 Å². The van der Waals surface area contributed by atoms with E-state index in [9.17, 15) is 18.0 Å². The topological polar surface area (TPSA) is 61.0 Å². The maximum Gasteiger partial charge on any atom is 0.416 e. The summed E-state index contributed by atoms with van der Waals surface area (Å²) in [7, 11) is 0. The summed E-state index contributed by atoms with van der Waals surface area (Å²) in [4.78, 5) is 22.5. The molecule has 3 aromatic rings. The van der Waals surface area contributed by atoms with Crippen LogP contribution in [0.25, 0.3) is 11.0 Å². The first-order chi connectivity index (χ1) is 14.2. The van der Waals surface area contributed by atoms with E-state index in [4.69, 9.17) is 4.98 Å². The highest BCUT2D eigenvalue weighted by Crippen LogP contribution is 2.31. The highest BCUT2D eigenvalue weighted by atomic mass is 19.4. The molecule has 1 aromatic heterocycles. The van der Waals surface area contributed by atoms with Crippen molar-refractivity contribution >= 4 is 22.8 Å². The van der Waals surface area contributed by atoms with Crippen molar-refractivity contribution in [2.24, 2.45) is 0 Å². The molecule has 2 N–H and O–H groups in total. The number of aromatic amines is 1. The number of aromatic nitrogens is 2. The molecule has 2 heterocycles. The molecule has 0 radical (unpaired) electrons. The Kier molecular flexibility index (Phi) is 5.17. The summed E-state index contributed by atoms with van der Waals surface area (Å²) in [5.41, 5.74) is 3.87. The summed E-state index contributed by atoms with van der Waals surface area (Å²) >= 11 is 0. The number of anilines is 1. The van der Waals surface area contributed by atoms with E-state index < -0.39 is 11.7 Å². The fourth-order valence-electron chi connectivity index (χ4n) is 3.81. The van der Waals surface area contributed by atoms with Gasteiger partial charge in [0.1, 0.15) is 5.82 Å². The number of halogens is 3. The number of likely N-dealkylation sites (tertiary alicyclic amines) is 1. The monoisotopic (exact) mass is 416 g/mol. The number of nitrogens with zero attached hydrogens (tertiary/aromatic N) is 2. The largest absolute Gasteiger partial charge is 0.416 e. The maximum absolute atomic E-state index is 12.7. The van der Waals surface area contributed by atoms with E-state index in [1.807, 2.05) is 0 Å². The number of fused-ring (bicyclic) bond motifs is 1. The van der Waals surface area contributed by atoms with Crippen LogP contribution < -0.4 is 5.32 Å². The zero-order valence-corrected chi connectivity index (χ0v) is 16.8. The van der Waals surface area contributed by atoms with Crippen LogP contribution in [0.15, 0.2) is 36.4 Å². The van der Waals surface area contributed by atoms with Gasteiger partial charge in [0, 0.05) is 24.7 Å². The Labute approximate surface area is 172 Å². The smallest absolute Gasteiger partial charge is 0.342 e. The Morgan fingerprint density at radius 2 is 1.87 bits per heavy atom. The van der Waals surface area contributed by atoms with Crippen molar-refractivity contribution in [2.75, 3.05) is 18.4 Å². The molecule has 1 saturated heterocycles. The Balaban J connectivity index is 1.45. The number of H-pyrrole nitrogens is 1. The van der Waals surface area contributed by atoms with Gasteiger partial charge in [-0.05, 0) is 74.2 Å². The highest BCUT2D eigenvalue weighted by molar-refractivity contribution is 5.89. The van der Waals surface area contributed by atoms with Crippen molar-refractivity contribution in [1.29, 1.82) is 0 Å². The van der Waals surface area contributed by atoms with Gasteiger partial charge in [-0.2, -0.15) is 13.2 Å². The number of imidazole rings is 1. The average Bonchev–Trinajstić information content (AvgIpc) is 3.11. The first kappa shape index (κ1) is 20.3. The van der Waals surface area contributed by atoms with Gasteiger partial charge in [0.25, 0.3) is 0 Å². The second-order valence-corrected chi connectivity index (χ2v) is 7.87. The number of piperidine rings is 1.